The van der Waals surface area contributed by atoms with E-state index in [1.165, 1.54) is 0 Å². The zero-order valence-electron chi connectivity index (χ0n) is 18.1. The van der Waals surface area contributed by atoms with Crippen LogP contribution in [0.4, 0.5) is 0 Å². The molecule has 0 bridgehead atoms. The third-order valence-electron chi connectivity index (χ3n) is 4.41. The van der Waals surface area contributed by atoms with Gasteiger partial charge in [0.1, 0.15) is 6.10 Å². The van der Waals surface area contributed by atoms with E-state index in [0.717, 1.165) is 24.8 Å². The summed E-state index contributed by atoms with van der Waals surface area (Å²) in [6.45, 7) is 9.59. The number of nitrogens with zero attached hydrogens (tertiary/aromatic N) is 1. The summed E-state index contributed by atoms with van der Waals surface area (Å²) in [7, 11) is 0. The van der Waals surface area contributed by atoms with Gasteiger partial charge in [0, 0.05) is 37.4 Å². The highest BCUT2D eigenvalue weighted by molar-refractivity contribution is 6.00. The van der Waals surface area contributed by atoms with Crippen LogP contribution in [-0.2, 0) is 4.74 Å². The van der Waals surface area contributed by atoms with Crippen molar-refractivity contribution in [3.8, 4) is 0 Å². The Morgan fingerprint density at radius 3 is 2.21 bits per heavy atom. The predicted octanol–water partition coefficient (Wildman–Crippen LogP) is 2.14. The number of carbonyl (C=O) groups is 2. The van der Waals surface area contributed by atoms with Gasteiger partial charge >= 0.3 is 0 Å². The van der Waals surface area contributed by atoms with Gasteiger partial charge in [-0.1, -0.05) is 20.8 Å². The van der Waals surface area contributed by atoms with E-state index in [4.69, 9.17) is 4.74 Å². The minimum atomic E-state index is -1.13. The second-order valence-electron chi connectivity index (χ2n) is 7.30. The lowest BCUT2D eigenvalue weighted by atomic mass is 10.0. The Kier molecular flexibility index (Phi) is 11.5. The molecule has 29 heavy (non-hydrogen) atoms. The molecule has 0 saturated heterocycles. The van der Waals surface area contributed by atoms with Crippen LogP contribution in [0.15, 0.2) is 18.2 Å². The maximum Gasteiger partial charge on any atom is 0.253 e. The van der Waals surface area contributed by atoms with Crippen molar-refractivity contribution in [1.29, 1.82) is 0 Å². The van der Waals surface area contributed by atoms with Crippen LogP contribution in [-0.4, -0.2) is 72.0 Å². The molecular formula is C22H36N2O5. The van der Waals surface area contributed by atoms with Crippen molar-refractivity contribution in [3.63, 3.8) is 0 Å². The van der Waals surface area contributed by atoms with Crippen molar-refractivity contribution in [2.45, 2.75) is 59.2 Å². The van der Waals surface area contributed by atoms with Gasteiger partial charge in [0.25, 0.3) is 11.8 Å². The average molecular weight is 409 g/mol. The van der Waals surface area contributed by atoms with Gasteiger partial charge in [0.15, 0.2) is 0 Å². The van der Waals surface area contributed by atoms with Crippen molar-refractivity contribution in [2.75, 3.05) is 32.8 Å². The number of benzene rings is 1. The molecule has 0 spiro atoms. The number of aliphatic hydroxyl groups is 2. The highest BCUT2D eigenvalue weighted by atomic mass is 16.5. The third kappa shape index (κ3) is 8.51. The first kappa shape index (κ1) is 25.1. The number of ether oxygens (including phenoxy) is 1. The number of nitrogens with one attached hydrogen (secondary N) is 1. The first-order valence-electron chi connectivity index (χ1n) is 10.5. The zero-order valence-corrected chi connectivity index (χ0v) is 18.1. The molecule has 1 aromatic carbocycles. The average Bonchev–Trinajstić information content (AvgIpc) is 2.70. The van der Waals surface area contributed by atoms with Crippen molar-refractivity contribution < 1.29 is 24.5 Å². The van der Waals surface area contributed by atoms with E-state index >= 15 is 0 Å². The number of rotatable bonds is 13. The summed E-state index contributed by atoms with van der Waals surface area (Å²) in [5, 5.41) is 22.5. The van der Waals surface area contributed by atoms with E-state index < -0.39 is 18.1 Å². The maximum absolute atomic E-state index is 12.8. The number of amides is 2. The summed E-state index contributed by atoms with van der Waals surface area (Å²) in [6, 6.07) is 5.06. The van der Waals surface area contributed by atoms with E-state index in [1.807, 2.05) is 27.7 Å². The summed E-state index contributed by atoms with van der Waals surface area (Å²) < 4.78 is 5.21. The quantitative estimate of drug-likeness (QED) is 0.434. The van der Waals surface area contributed by atoms with Gasteiger partial charge < -0.3 is 25.2 Å². The molecule has 0 radical (unpaired) electrons. The molecule has 0 fully saturated rings. The highest BCUT2D eigenvalue weighted by Gasteiger charge is 2.20. The van der Waals surface area contributed by atoms with Crippen molar-refractivity contribution >= 4 is 11.8 Å². The van der Waals surface area contributed by atoms with Crippen molar-refractivity contribution in [3.05, 3.63) is 34.9 Å². The summed E-state index contributed by atoms with van der Waals surface area (Å²) >= 11 is 0. The minimum Gasteiger partial charge on any atom is -0.388 e. The van der Waals surface area contributed by atoms with Crippen LogP contribution in [0.3, 0.4) is 0 Å². The Balaban J connectivity index is 2.78. The molecule has 0 saturated carbocycles. The number of aliphatic hydroxyl groups excluding tert-OH is 2. The SMILES string of the molecule is CCCOCC(O)C(O)CNC(=O)c1cc(C)cc(C(=O)N(CCC)CCC)c1. The second kappa shape index (κ2) is 13.3. The molecule has 2 unspecified atom stereocenters. The van der Waals surface area contributed by atoms with E-state index in [-0.39, 0.29) is 19.1 Å². The fourth-order valence-electron chi connectivity index (χ4n) is 2.97. The molecule has 3 N–H and O–H groups in total. The van der Waals surface area contributed by atoms with E-state index in [0.29, 0.717) is 30.8 Å². The molecule has 2 amide bonds. The second-order valence-corrected chi connectivity index (χ2v) is 7.30. The molecule has 0 aromatic heterocycles. The molecule has 0 aliphatic rings. The molecule has 1 rings (SSSR count). The van der Waals surface area contributed by atoms with Crippen LogP contribution in [0.1, 0.15) is 66.3 Å². The van der Waals surface area contributed by atoms with Gasteiger partial charge in [-0.2, -0.15) is 0 Å². The van der Waals surface area contributed by atoms with Gasteiger partial charge in [-0.3, -0.25) is 9.59 Å². The molecule has 0 aliphatic heterocycles. The molecule has 7 heteroatoms. The van der Waals surface area contributed by atoms with Gasteiger partial charge in [-0.15, -0.1) is 0 Å². The lowest BCUT2D eigenvalue weighted by Gasteiger charge is -2.22. The molecule has 7 nitrogen and oxygen atoms in total. The first-order valence-corrected chi connectivity index (χ1v) is 10.5. The van der Waals surface area contributed by atoms with Gasteiger partial charge in [0.05, 0.1) is 12.7 Å². The minimum absolute atomic E-state index is 0.0126. The van der Waals surface area contributed by atoms with Crippen LogP contribution in [0, 0.1) is 6.92 Å². The largest absolute Gasteiger partial charge is 0.388 e. The topological polar surface area (TPSA) is 99.1 Å². The smallest absolute Gasteiger partial charge is 0.253 e. The predicted molar refractivity (Wildman–Crippen MR) is 113 cm³/mol. The Labute approximate surface area is 174 Å². The van der Waals surface area contributed by atoms with Crippen LogP contribution < -0.4 is 5.32 Å². The van der Waals surface area contributed by atoms with E-state index in [9.17, 15) is 19.8 Å². The first-order chi connectivity index (χ1) is 13.8. The fraction of sp³-hybridized carbons (Fsp3) is 0.636. The molecule has 2 atom stereocenters. The number of hydrogen-bond acceptors (Lipinski definition) is 5. The maximum atomic E-state index is 12.8. The van der Waals surface area contributed by atoms with Gasteiger partial charge in [-0.05, 0) is 49.9 Å². The summed E-state index contributed by atoms with van der Waals surface area (Å²) in [5.41, 5.74) is 1.64. The summed E-state index contributed by atoms with van der Waals surface area (Å²) in [5.74, 6) is -0.490. The monoisotopic (exact) mass is 408 g/mol. The molecule has 0 aliphatic carbocycles. The zero-order chi connectivity index (χ0) is 21.8. The van der Waals surface area contributed by atoms with Gasteiger partial charge in [-0.25, -0.2) is 0 Å². The van der Waals surface area contributed by atoms with Crippen LogP contribution in [0.2, 0.25) is 0 Å². The Morgan fingerprint density at radius 2 is 1.62 bits per heavy atom. The van der Waals surface area contributed by atoms with Crippen LogP contribution >= 0.6 is 0 Å². The summed E-state index contributed by atoms with van der Waals surface area (Å²) in [6.07, 6.45) is 0.349. The van der Waals surface area contributed by atoms with E-state index in [1.54, 1.807) is 23.1 Å². The Hall–Kier alpha value is -1.96. The lowest BCUT2D eigenvalue weighted by Crippen LogP contribution is -2.41. The lowest BCUT2D eigenvalue weighted by molar-refractivity contribution is -0.0360. The Bertz CT molecular complexity index is 644. The number of carbonyl (C=O) groups excluding carboxylic acids is 2. The molecule has 164 valence electrons. The summed E-state index contributed by atoms with van der Waals surface area (Å²) in [4.78, 5) is 27.2. The highest BCUT2D eigenvalue weighted by Crippen LogP contribution is 2.13. The molecule has 1 aromatic rings. The number of hydrogen-bond donors (Lipinski definition) is 3. The molecular weight excluding hydrogens is 372 g/mol. The van der Waals surface area contributed by atoms with E-state index in [2.05, 4.69) is 5.32 Å². The standard InChI is InChI=1S/C22H36N2O5/c1-5-8-24(9-6-2)22(28)18-12-16(4)11-17(13-18)21(27)23-14-19(25)20(26)15-29-10-7-3/h11-13,19-20,25-26H,5-10,14-15H2,1-4H3,(H,23,27). The van der Waals surface area contributed by atoms with Gasteiger partial charge in [0.2, 0.25) is 0 Å². The number of aryl methyl sites for hydroxylation is 1. The fourth-order valence-corrected chi connectivity index (χ4v) is 2.97. The van der Waals surface area contributed by atoms with Crippen LogP contribution in [0.5, 0.6) is 0 Å². The molecule has 0 heterocycles. The van der Waals surface area contributed by atoms with Crippen molar-refractivity contribution in [2.24, 2.45) is 0 Å². The van der Waals surface area contributed by atoms with Crippen molar-refractivity contribution in [1.82, 2.24) is 10.2 Å². The Morgan fingerprint density at radius 1 is 1.00 bits per heavy atom. The normalized spacial score (nSPS) is 13.0. The third-order valence-corrected chi connectivity index (χ3v) is 4.41. The van der Waals surface area contributed by atoms with Crippen LogP contribution in [0.25, 0.3) is 0 Å².